The van der Waals surface area contributed by atoms with E-state index in [0.29, 0.717) is 11.9 Å². The van der Waals surface area contributed by atoms with Gasteiger partial charge in [-0.2, -0.15) is 0 Å². The molecule has 0 spiro atoms. The third kappa shape index (κ3) is 6.75. The fourth-order valence-electron chi connectivity index (χ4n) is 0.845. The number of aliphatic hydroxyl groups excluding tert-OH is 4. The molecule has 0 aliphatic heterocycles. The highest BCUT2D eigenvalue weighted by Gasteiger charge is 2.22. The molecule has 0 saturated heterocycles. The molecule has 0 bridgehead atoms. The zero-order valence-corrected chi connectivity index (χ0v) is 8.73. The summed E-state index contributed by atoms with van der Waals surface area (Å²) >= 11 is 0. The lowest BCUT2D eigenvalue weighted by Gasteiger charge is -2.19. The summed E-state index contributed by atoms with van der Waals surface area (Å²) in [6.45, 7) is -0.368. The Hall–Kier alpha value is -0.270. The molecule has 0 aliphatic rings. The van der Waals surface area contributed by atoms with Gasteiger partial charge in [-0.1, -0.05) is 0 Å². The van der Waals surface area contributed by atoms with Crippen LogP contribution in [-0.4, -0.2) is 55.1 Å². The van der Waals surface area contributed by atoms with Crippen molar-refractivity contribution in [2.24, 2.45) is 0 Å². The van der Waals surface area contributed by atoms with Gasteiger partial charge in [0.2, 0.25) is 0 Å². The second-order valence-corrected chi connectivity index (χ2v) is 4.47. The molecule has 0 heterocycles. The minimum Gasteiger partial charge on any atom is -0.396 e. The Labute approximate surface area is 86.5 Å². The van der Waals surface area contributed by atoms with Gasteiger partial charge in [-0.05, 0) is 12.5 Å². The Kier molecular flexibility index (Phi) is 6.23. The van der Waals surface area contributed by atoms with Crippen LogP contribution in [0.3, 0.4) is 0 Å². The van der Waals surface area contributed by atoms with Gasteiger partial charge in [-0.3, -0.25) is 4.57 Å². The van der Waals surface area contributed by atoms with Crippen molar-refractivity contribution in [1.82, 2.24) is 0 Å². The second kappa shape index (κ2) is 6.34. The molecule has 15 heavy (non-hydrogen) atoms. The standard InChI is InChI=1S/C7H15O7P/c8-3-1-5(9)7(11)6(10)2-4-15(12,13)14/h2,4-11H,1,3H2,(H2,12,13,14)/b4-2+/t5-,6?,7+/m1/s1. The fourth-order valence-corrected chi connectivity index (χ4v) is 1.25. The average molecular weight is 242 g/mol. The van der Waals surface area contributed by atoms with Crippen LogP contribution in [0.5, 0.6) is 0 Å². The summed E-state index contributed by atoms with van der Waals surface area (Å²) in [5.41, 5.74) is 0. The molecule has 0 saturated carbocycles. The molecule has 0 aromatic heterocycles. The topological polar surface area (TPSA) is 138 Å². The quantitative estimate of drug-likeness (QED) is 0.300. The molecular weight excluding hydrogens is 227 g/mol. The van der Waals surface area contributed by atoms with Gasteiger partial charge in [0.1, 0.15) is 12.2 Å². The number of hydrogen-bond acceptors (Lipinski definition) is 5. The fraction of sp³-hybridized carbons (Fsp3) is 0.714. The SMILES string of the molecule is O=P(O)(O)/C=C/C(O)[C@@H](O)[C@H](O)CCO. The van der Waals surface area contributed by atoms with E-state index in [9.17, 15) is 9.67 Å². The first-order chi connectivity index (χ1) is 6.78. The van der Waals surface area contributed by atoms with Crippen LogP contribution in [0, 0.1) is 0 Å². The van der Waals surface area contributed by atoms with Gasteiger partial charge >= 0.3 is 7.60 Å². The first-order valence-corrected chi connectivity index (χ1v) is 5.85. The first-order valence-electron chi connectivity index (χ1n) is 4.17. The minimum absolute atomic E-state index is 0.137. The minimum atomic E-state index is -4.39. The Bertz CT molecular complexity index is 248. The number of aliphatic hydroxyl groups is 4. The molecule has 0 rings (SSSR count). The van der Waals surface area contributed by atoms with E-state index in [-0.39, 0.29) is 13.0 Å². The Morgan fingerprint density at radius 2 is 1.73 bits per heavy atom. The van der Waals surface area contributed by atoms with E-state index in [1.165, 1.54) is 0 Å². The van der Waals surface area contributed by atoms with Gasteiger partial charge in [0.15, 0.2) is 0 Å². The second-order valence-electron chi connectivity index (χ2n) is 2.99. The maximum atomic E-state index is 10.4. The van der Waals surface area contributed by atoms with E-state index < -0.39 is 25.9 Å². The van der Waals surface area contributed by atoms with Gasteiger partial charge < -0.3 is 30.2 Å². The molecule has 7 nitrogen and oxygen atoms in total. The average Bonchev–Trinajstić information content (AvgIpc) is 2.12. The molecule has 6 N–H and O–H groups in total. The van der Waals surface area contributed by atoms with E-state index in [1.807, 2.05) is 0 Å². The zero-order chi connectivity index (χ0) is 12.1. The van der Waals surface area contributed by atoms with Gasteiger partial charge in [0, 0.05) is 12.4 Å². The van der Waals surface area contributed by atoms with E-state index >= 15 is 0 Å². The predicted octanol–water partition coefficient (Wildman–Crippen LogP) is -1.86. The summed E-state index contributed by atoms with van der Waals surface area (Å²) in [5, 5.41) is 35.9. The van der Waals surface area contributed by atoms with Crippen LogP contribution >= 0.6 is 7.60 Å². The molecule has 1 unspecified atom stereocenters. The van der Waals surface area contributed by atoms with Crippen LogP contribution in [0.15, 0.2) is 11.9 Å². The van der Waals surface area contributed by atoms with Crippen molar-refractivity contribution in [1.29, 1.82) is 0 Å². The van der Waals surface area contributed by atoms with E-state index in [0.717, 1.165) is 0 Å². The van der Waals surface area contributed by atoms with Crippen molar-refractivity contribution in [2.45, 2.75) is 24.7 Å². The maximum Gasteiger partial charge on any atom is 0.348 e. The van der Waals surface area contributed by atoms with E-state index in [1.54, 1.807) is 0 Å². The Morgan fingerprint density at radius 3 is 2.13 bits per heavy atom. The zero-order valence-electron chi connectivity index (χ0n) is 7.84. The van der Waals surface area contributed by atoms with E-state index in [4.69, 9.17) is 25.1 Å². The summed E-state index contributed by atoms with van der Waals surface area (Å²) in [7, 11) is -4.39. The highest BCUT2D eigenvalue weighted by atomic mass is 31.2. The summed E-state index contributed by atoms with van der Waals surface area (Å²) in [5.74, 6) is 0.437. The summed E-state index contributed by atoms with van der Waals surface area (Å²) in [6.07, 6.45) is -3.99. The molecule has 0 fully saturated rings. The lowest BCUT2D eigenvalue weighted by atomic mass is 10.1. The molecule has 0 radical (unpaired) electrons. The summed E-state index contributed by atoms with van der Waals surface area (Å²) in [6, 6.07) is 0. The van der Waals surface area contributed by atoms with Crippen LogP contribution in [0.2, 0.25) is 0 Å². The van der Waals surface area contributed by atoms with Gasteiger partial charge in [-0.15, -0.1) is 0 Å². The van der Waals surface area contributed by atoms with Crippen molar-refractivity contribution in [3.05, 3.63) is 11.9 Å². The third-order valence-electron chi connectivity index (χ3n) is 1.65. The molecule has 0 aromatic carbocycles. The van der Waals surface area contributed by atoms with Crippen molar-refractivity contribution in [3.63, 3.8) is 0 Å². The predicted molar refractivity (Wildman–Crippen MR) is 50.9 cm³/mol. The third-order valence-corrected chi connectivity index (χ3v) is 2.21. The van der Waals surface area contributed by atoms with Crippen LogP contribution in [0.1, 0.15) is 6.42 Å². The molecule has 3 atom stereocenters. The van der Waals surface area contributed by atoms with E-state index in [2.05, 4.69) is 0 Å². The van der Waals surface area contributed by atoms with Crippen LogP contribution in [0.4, 0.5) is 0 Å². The monoisotopic (exact) mass is 242 g/mol. The van der Waals surface area contributed by atoms with Crippen molar-refractivity contribution >= 4 is 7.60 Å². The number of hydrogen-bond donors (Lipinski definition) is 6. The Balaban J connectivity index is 4.26. The van der Waals surface area contributed by atoms with Crippen LogP contribution in [-0.2, 0) is 4.57 Å². The maximum absolute atomic E-state index is 10.4. The van der Waals surface area contributed by atoms with Crippen molar-refractivity contribution in [3.8, 4) is 0 Å². The van der Waals surface area contributed by atoms with Crippen molar-refractivity contribution < 1.29 is 34.8 Å². The van der Waals surface area contributed by atoms with Crippen LogP contribution in [0.25, 0.3) is 0 Å². The Morgan fingerprint density at radius 1 is 1.20 bits per heavy atom. The molecule has 90 valence electrons. The molecule has 8 heteroatoms. The van der Waals surface area contributed by atoms with Crippen LogP contribution < -0.4 is 0 Å². The summed E-state index contributed by atoms with van der Waals surface area (Å²) < 4.78 is 10.4. The van der Waals surface area contributed by atoms with Crippen molar-refractivity contribution in [2.75, 3.05) is 6.61 Å². The lowest BCUT2D eigenvalue weighted by molar-refractivity contribution is -0.0488. The van der Waals surface area contributed by atoms with Gasteiger partial charge in [0.05, 0.1) is 6.10 Å². The number of rotatable bonds is 6. The highest BCUT2D eigenvalue weighted by molar-refractivity contribution is 7.55. The molecule has 0 aromatic rings. The molecular formula is C7H15O7P. The molecule has 0 amide bonds. The lowest BCUT2D eigenvalue weighted by Crippen LogP contribution is -2.36. The van der Waals surface area contributed by atoms with Gasteiger partial charge in [-0.25, -0.2) is 0 Å². The molecule has 0 aliphatic carbocycles. The largest absolute Gasteiger partial charge is 0.396 e. The smallest absolute Gasteiger partial charge is 0.348 e. The highest BCUT2D eigenvalue weighted by Crippen LogP contribution is 2.36. The summed E-state index contributed by atoms with van der Waals surface area (Å²) in [4.78, 5) is 16.8. The first kappa shape index (κ1) is 14.7. The van der Waals surface area contributed by atoms with Gasteiger partial charge in [0.25, 0.3) is 0 Å². The normalized spacial score (nSPS) is 19.1.